The molecule has 2 bridgehead atoms. The van der Waals surface area contributed by atoms with E-state index in [1.165, 1.54) is 12.3 Å². The lowest BCUT2D eigenvalue weighted by Gasteiger charge is -2.35. The van der Waals surface area contributed by atoms with E-state index in [-0.39, 0.29) is 29.8 Å². The number of esters is 1. The zero-order chi connectivity index (χ0) is 17.0. The van der Waals surface area contributed by atoms with E-state index in [9.17, 15) is 4.79 Å². The Morgan fingerprint density at radius 3 is 2.90 bits per heavy atom. The van der Waals surface area contributed by atoms with Crippen molar-refractivity contribution in [2.24, 2.45) is 0 Å². The Morgan fingerprint density at radius 1 is 1.38 bits per heavy atom. The van der Waals surface area contributed by atoms with Gasteiger partial charge in [0.25, 0.3) is 0 Å². The van der Waals surface area contributed by atoms with Crippen LogP contribution in [0.4, 0.5) is 0 Å². The van der Waals surface area contributed by atoms with Gasteiger partial charge in [0.15, 0.2) is 0 Å². The molecule has 0 aliphatic carbocycles. The van der Waals surface area contributed by atoms with Crippen LogP contribution in [-0.2, 0) is 4.74 Å². The normalized spacial score (nSPS) is 30.9. The second-order valence-corrected chi connectivity index (χ2v) is 6.06. The Labute approximate surface area is 128 Å². The molecule has 3 heterocycles. The third-order valence-electron chi connectivity index (χ3n) is 4.91. The fraction of sp³-hybridized carbons (Fsp3) is 0.471. The first-order valence-corrected chi connectivity index (χ1v) is 7.46. The molecule has 2 fully saturated rings. The highest BCUT2D eigenvalue weighted by Gasteiger charge is 2.40. The second-order valence-electron chi connectivity index (χ2n) is 6.06. The number of hydrogen-bond donors (Lipinski definition) is 1. The van der Waals surface area contributed by atoms with E-state index in [4.69, 9.17) is 8.85 Å². The summed E-state index contributed by atoms with van der Waals surface area (Å²) in [5.74, 6) is -0.464. The highest BCUT2D eigenvalue weighted by molar-refractivity contribution is 6.04. The van der Waals surface area contributed by atoms with Gasteiger partial charge in [0.1, 0.15) is 6.10 Å². The Kier molecular flexibility index (Phi) is 2.33. The van der Waals surface area contributed by atoms with Gasteiger partial charge in [-0.2, -0.15) is 0 Å². The maximum absolute atomic E-state index is 12.6. The number of benzene rings is 1. The van der Waals surface area contributed by atoms with E-state index in [2.05, 4.69) is 16.9 Å². The number of rotatable bonds is 2. The van der Waals surface area contributed by atoms with Crippen LogP contribution in [0.25, 0.3) is 10.9 Å². The Balaban J connectivity index is 1.61. The van der Waals surface area contributed by atoms with Gasteiger partial charge in [0.2, 0.25) is 0 Å². The van der Waals surface area contributed by atoms with Crippen molar-refractivity contribution in [3.63, 3.8) is 0 Å². The third kappa shape index (κ3) is 2.14. The highest BCUT2D eigenvalue weighted by Crippen LogP contribution is 2.35. The number of aromatic nitrogens is 1. The van der Waals surface area contributed by atoms with Gasteiger partial charge in [-0.1, -0.05) is 18.2 Å². The second kappa shape index (κ2) is 4.88. The molecule has 4 heteroatoms. The summed E-state index contributed by atoms with van der Waals surface area (Å²) in [7, 11) is 2.14. The van der Waals surface area contributed by atoms with Crippen LogP contribution < -0.4 is 0 Å². The number of para-hydroxylation sites is 1. The summed E-state index contributed by atoms with van der Waals surface area (Å²) >= 11 is 0. The van der Waals surface area contributed by atoms with Crippen LogP contribution >= 0.6 is 0 Å². The van der Waals surface area contributed by atoms with E-state index in [0.29, 0.717) is 23.0 Å². The number of aromatic amines is 1. The average molecular weight is 287 g/mol. The topological polar surface area (TPSA) is 45.3 Å². The van der Waals surface area contributed by atoms with E-state index in [1.807, 2.05) is 0 Å². The Hall–Kier alpha value is -1.81. The van der Waals surface area contributed by atoms with Crippen LogP contribution in [0, 0.1) is 0 Å². The van der Waals surface area contributed by atoms with Crippen molar-refractivity contribution < 1.29 is 13.6 Å². The summed E-state index contributed by atoms with van der Waals surface area (Å²) in [6.07, 6.45) is 5.41. The lowest BCUT2D eigenvalue weighted by atomic mass is 10.0. The van der Waals surface area contributed by atoms with Gasteiger partial charge < -0.3 is 14.6 Å². The van der Waals surface area contributed by atoms with Crippen LogP contribution in [0.3, 0.4) is 0 Å². The fourth-order valence-corrected chi connectivity index (χ4v) is 3.72. The standard InChI is InChI=1S/C17H20N2O2/c1-19-11-6-7-12(19)9-13(8-11)21-17(20)15-10-18-16-5-3-2-4-14(15)16/h2-5,10-13,18H,6-9H2,1H3/t11-,12+,13?/i2D,4D,5D. The first-order valence-electron chi connectivity index (χ1n) is 8.96. The van der Waals surface area contributed by atoms with Gasteiger partial charge >= 0.3 is 5.97 Å². The number of carbonyl (C=O) groups is 1. The summed E-state index contributed by atoms with van der Waals surface area (Å²) in [6.45, 7) is 0. The van der Waals surface area contributed by atoms with Crippen molar-refractivity contribution in [1.82, 2.24) is 9.88 Å². The molecular weight excluding hydrogens is 264 g/mol. The maximum Gasteiger partial charge on any atom is 0.340 e. The molecule has 1 unspecified atom stereocenters. The molecular formula is C17H20N2O2. The number of ether oxygens (including phenoxy) is 1. The van der Waals surface area contributed by atoms with E-state index in [0.717, 1.165) is 25.7 Å². The van der Waals surface area contributed by atoms with Crippen LogP contribution in [-0.4, -0.2) is 41.1 Å². The van der Waals surface area contributed by atoms with Crippen LogP contribution in [0.1, 0.15) is 40.2 Å². The fourth-order valence-electron chi connectivity index (χ4n) is 3.72. The first kappa shape index (κ1) is 10.0. The van der Waals surface area contributed by atoms with E-state index >= 15 is 0 Å². The third-order valence-corrected chi connectivity index (χ3v) is 4.91. The number of H-pyrrole nitrogens is 1. The predicted octanol–water partition coefficient (Wildman–Crippen LogP) is 2.95. The Bertz CT molecular complexity index is 806. The van der Waals surface area contributed by atoms with Gasteiger partial charge in [-0.15, -0.1) is 0 Å². The van der Waals surface area contributed by atoms with Gasteiger partial charge in [-0.05, 0) is 25.9 Å². The van der Waals surface area contributed by atoms with E-state index < -0.39 is 5.97 Å². The smallest absolute Gasteiger partial charge is 0.340 e. The SMILES string of the molecule is [2H]c1cc([2H])c2[nH]cc(C(=O)OC3C[C@H]4CC[C@@H](C3)N4C)c2c1[2H]. The number of carbonyl (C=O) groups excluding carboxylic acids is 1. The molecule has 2 aliphatic heterocycles. The van der Waals surface area contributed by atoms with Crippen molar-refractivity contribution in [2.45, 2.75) is 43.9 Å². The van der Waals surface area contributed by atoms with Crippen molar-refractivity contribution in [2.75, 3.05) is 7.05 Å². The first-order chi connectivity index (χ1) is 11.5. The quantitative estimate of drug-likeness (QED) is 0.864. The van der Waals surface area contributed by atoms with Gasteiger partial charge in [0, 0.05) is 42.0 Å². The minimum absolute atomic E-state index is 0.0438. The minimum Gasteiger partial charge on any atom is -0.459 e. The number of fused-ring (bicyclic) bond motifs is 3. The lowest BCUT2D eigenvalue weighted by molar-refractivity contribution is -0.000258. The molecule has 4 nitrogen and oxygen atoms in total. The van der Waals surface area contributed by atoms with Crippen LogP contribution in [0.15, 0.2) is 30.4 Å². The molecule has 0 saturated carbocycles. The van der Waals surface area contributed by atoms with Crippen molar-refractivity contribution in [1.29, 1.82) is 0 Å². The summed E-state index contributed by atoms with van der Waals surface area (Å²) < 4.78 is 29.4. The molecule has 4 rings (SSSR count). The monoisotopic (exact) mass is 287 g/mol. The number of nitrogens with one attached hydrogen (secondary N) is 1. The predicted molar refractivity (Wildman–Crippen MR) is 81.3 cm³/mol. The van der Waals surface area contributed by atoms with Crippen LogP contribution in [0.2, 0.25) is 0 Å². The molecule has 1 N–H and O–H groups in total. The van der Waals surface area contributed by atoms with Gasteiger partial charge in [-0.25, -0.2) is 4.79 Å². The molecule has 1 aromatic heterocycles. The molecule has 110 valence electrons. The largest absolute Gasteiger partial charge is 0.459 e. The summed E-state index contributed by atoms with van der Waals surface area (Å²) in [4.78, 5) is 17.9. The van der Waals surface area contributed by atoms with Gasteiger partial charge in [0.05, 0.1) is 9.68 Å². The Morgan fingerprint density at radius 2 is 2.14 bits per heavy atom. The van der Waals surface area contributed by atoms with E-state index in [1.54, 1.807) is 0 Å². The molecule has 2 saturated heterocycles. The molecule has 3 atom stereocenters. The minimum atomic E-state index is -0.464. The van der Waals surface area contributed by atoms with Crippen LogP contribution in [0.5, 0.6) is 0 Å². The number of hydrogen-bond acceptors (Lipinski definition) is 3. The molecule has 1 aromatic carbocycles. The molecule has 21 heavy (non-hydrogen) atoms. The lowest BCUT2D eigenvalue weighted by Crippen LogP contribution is -2.43. The molecule has 0 spiro atoms. The van der Waals surface area contributed by atoms with Crippen molar-refractivity contribution in [3.05, 3.63) is 36.0 Å². The number of nitrogens with zero attached hydrogens (tertiary/aromatic N) is 1. The number of piperidine rings is 1. The molecule has 0 amide bonds. The summed E-state index contributed by atoms with van der Waals surface area (Å²) in [5.41, 5.74) is 0.662. The molecule has 2 aliphatic rings. The molecule has 2 aromatic rings. The zero-order valence-electron chi connectivity index (χ0n) is 15.0. The van der Waals surface area contributed by atoms with Crippen molar-refractivity contribution >= 4 is 16.9 Å². The zero-order valence-corrected chi connectivity index (χ0v) is 12.0. The average Bonchev–Trinajstić information content (AvgIpc) is 3.05. The van der Waals surface area contributed by atoms with Crippen molar-refractivity contribution in [3.8, 4) is 0 Å². The van der Waals surface area contributed by atoms with Gasteiger partial charge in [-0.3, -0.25) is 0 Å². The maximum atomic E-state index is 12.6. The molecule has 0 radical (unpaired) electrons. The highest BCUT2D eigenvalue weighted by atomic mass is 16.5. The summed E-state index contributed by atoms with van der Waals surface area (Å²) in [6, 6.07) is 2.29. The summed E-state index contributed by atoms with van der Waals surface area (Å²) in [5, 5.41) is 0.313.